The van der Waals surface area contributed by atoms with Gasteiger partial charge in [0.25, 0.3) is 0 Å². The number of hydrogen-bond donors (Lipinski definition) is 0. The SMILES string of the molecule is CN(C)C1C=CC(C#N)CC1. The van der Waals surface area contributed by atoms with Gasteiger partial charge in [-0.15, -0.1) is 0 Å². The summed E-state index contributed by atoms with van der Waals surface area (Å²) < 4.78 is 0. The van der Waals surface area contributed by atoms with Gasteiger partial charge in [-0.3, -0.25) is 0 Å². The predicted molar refractivity (Wildman–Crippen MR) is 45.0 cm³/mol. The summed E-state index contributed by atoms with van der Waals surface area (Å²) in [7, 11) is 4.14. The lowest BCUT2D eigenvalue weighted by Gasteiger charge is -2.24. The summed E-state index contributed by atoms with van der Waals surface area (Å²) in [4.78, 5) is 2.18. The summed E-state index contributed by atoms with van der Waals surface area (Å²) in [5.41, 5.74) is 0. The van der Waals surface area contributed by atoms with Crippen molar-refractivity contribution >= 4 is 0 Å². The van der Waals surface area contributed by atoms with Crippen molar-refractivity contribution in [1.82, 2.24) is 4.90 Å². The number of likely N-dealkylation sites (N-methyl/N-ethyl adjacent to an activating group) is 1. The molecule has 0 saturated carbocycles. The molecule has 0 aromatic heterocycles. The van der Waals surface area contributed by atoms with E-state index in [1.54, 1.807) is 0 Å². The number of hydrogen-bond acceptors (Lipinski definition) is 2. The van der Waals surface area contributed by atoms with Crippen molar-refractivity contribution in [2.45, 2.75) is 18.9 Å². The van der Waals surface area contributed by atoms with Crippen LogP contribution >= 0.6 is 0 Å². The fraction of sp³-hybridized carbons (Fsp3) is 0.667. The van der Waals surface area contributed by atoms with Gasteiger partial charge in [0.05, 0.1) is 12.0 Å². The molecule has 0 radical (unpaired) electrons. The maximum absolute atomic E-state index is 8.60. The topological polar surface area (TPSA) is 27.0 Å². The lowest BCUT2D eigenvalue weighted by atomic mass is 9.93. The Kier molecular flexibility index (Phi) is 2.67. The third-order valence-electron chi connectivity index (χ3n) is 2.17. The molecule has 0 fully saturated rings. The largest absolute Gasteiger partial charge is 0.303 e. The van der Waals surface area contributed by atoms with Gasteiger partial charge in [0.15, 0.2) is 0 Å². The Bertz CT molecular complexity index is 188. The van der Waals surface area contributed by atoms with Crippen LogP contribution in [0.2, 0.25) is 0 Å². The van der Waals surface area contributed by atoms with Crippen LogP contribution in [0.15, 0.2) is 12.2 Å². The molecular weight excluding hydrogens is 136 g/mol. The van der Waals surface area contributed by atoms with Gasteiger partial charge in [0.1, 0.15) is 0 Å². The molecule has 2 atom stereocenters. The zero-order chi connectivity index (χ0) is 8.27. The van der Waals surface area contributed by atoms with Gasteiger partial charge >= 0.3 is 0 Å². The maximum atomic E-state index is 8.60. The van der Waals surface area contributed by atoms with E-state index < -0.39 is 0 Å². The van der Waals surface area contributed by atoms with E-state index in [1.165, 1.54) is 0 Å². The average molecular weight is 150 g/mol. The Hall–Kier alpha value is -0.810. The van der Waals surface area contributed by atoms with Crippen LogP contribution in [0.1, 0.15) is 12.8 Å². The van der Waals surface area contributed by atoms with Crippen molar-refractivity contribution in [3.63, 3.8) is 0 Å². The Labute approximate surface area is 68.1 Å². The molecule has 1 aliphatic carbocycles. The first-order valence-electron chi connectivity index (χ1n) is 3.98. The predicted octanol–water partition coefficient (Wildman–Crippen LogP) is 1.41. The standard InChI is InChI=1S/C9H14N2/c1-11(2)9-5-3-8(7-10)4-6-9/h3,5,8-9H,4,6H2,1-2H3. The lowest BCUT2D eigenvalue weighted by Crippen LogP contribution is -2.28. The van der Waals surface area contributed by atoms with Crippen LogP contribution in [-0.2, 0) is 0 Å². The van der Waals surface area contributed by atoms with E-state index in [9.17, 15) is 0 Å². The smallest absolute Gasteiger partial charge is 0.0697 e. The summed E-state index contributed by atoms with van der Waals surface area (Å²) >= 11 is 0. The number of rotatable bonds is 1. The third kappa shape index (κ3) is 2.06. The highest BCUT2D eigenvalue weighted by molar-refractivity contribution is 5.08. The van der Waals surface area contributed by atoms with Gasteiger partial charge in [0, 0.05) is 6.04 Å². The second-order valence-electron chi connectivity index (χ2n) is 3.23. The van der Waals surface area contributed by atoms with Gasteiger partial charge in [-0.1, -0.05) is 12.2 Å². The molecule has 0 N–H and O–H groups in total. The van der Waals surface area contributed by atoms with E-state index in [4.69, 9.17) is 5.26 Å². The third-order valence-corrected chi connectivity index (χ3v) is 2.17. The summed E-state index contributed by atoms with van der Waals surface area (Å²) in [5.74, 6) is 0.159. The number of nitrogens with zero attached hydrogens (tertiary/aromatic N) is 2. The second-order valence-corrected chi connectivity index (χ2v) is 3.23. The second kappa shape index (κ2) is 3.54. The highest BCUT2D eigenvalue weighted by Crippen LogP contribution is 2.18. The van der Waals surface area contributed by atoms with Gasteiger partial charge in [0.2, 0.25) is 0 Å². The molecule has 0 aliphatic heterocycles. The van der Waals surface area contributed by atoms with Crippen LogP contribution in [0.25, 0.3) is 0 Å². The van der Waals surface area contributed by atoms with Crippen molar-refractivity contribution in [3.8, 4) is 6.07 Å². The fourth-order valence-corrected chi connectivity index (χ4v) is 1.34. The first kappa shape index (κ1) is 8.29. The summed E-state index contributed by atoms with van der Waals surface area (Å²) in [6, 6.07) is 2.80. The monoisotopic (exact) mass is 150 g/mol. The lowest BCUT2D eigenvalue weighted by molar-refractivity contribution is 0.308. The Balaban J connectivity index is 2.51. The van der Waals surface area contributed by atoms with Crippen molar-refractivity contribution in [2.24, 2.45) is 5.92 Å². The Morgan fingerprint density at radius 3 is 2.45 bits per heavy atom. The minimum absolute atomic E-state index is 0.159. The molecular formula is C9H14N2. The van der Waals surface area contributed by atoms with E-state index in [-0.39, 0.29) is 5.92 Å². The highest BCUT2D eigenvalue weighted by atomic mass is 15.1. The molecule has 0 heterocycles. The van der Waals surface area contributed by atoms with Crippen molar-refractivity contribution < 1.29 is 0 Å². The fourth-order valence-electron chi connectivity index (χ4n) is 1.34. The van der Waals surface area contributed by atoms with Gasteiger partial charge < -0.3 is 4.90 Å². The van der Waals surface area contributed by atoms with Crippen molar-refractivity contribution in [1.29, 1.82) is 5.26 Å². The molecule has 0 aromatic rings. The molecule has 2 unspecified atom stereocenters. The first-order chi connectivity index (χ1) is 5.24. The summed E-state index contributed by atoms with van der Waals surface area (Å²) in [6.07, 6.45) is 6.28. The number of nitriles is 1. The van der Waals surface area contributed by atoms with Gasteiger partial charge in [-0.25, -0.2) is 0 Å². The zero-order valence-corrected chi connectivity index (χ0v) is 7.12. The van der Waals surface area contributed by atoms with Crippen molar-refractivity contribution in [3.05, 3.63) is 12.2 Å². The number of allylic oxidation sites excluding steroid dienone is 1. The van der Waals surface area contributed by atoms with Crippen molar-refractivity contribution in [2.75, 3.05) is 14.1 Å². The van der Waals surface area contributed by atoms with Gasteiger partial charge in [-0.2, -0.15) is 5.26 Å². The molecule has 1 rings (SSSR count). The van der Waals surface area contributed by atoms with E-state index in [0.29, 0.717) is 6.04 Å². The molecule has 0 amide bonds. The van der Waals surface area contributed by atoms with E-state index in [0.717, 1.165) is 12.8 Å². The van der Waals surface area contributed by atoms with Crippen LogP contribution < -0.4 is 0 Å². The average Bonchev–Trinajstić information content (AvgIpc) is 2.05. The van der Waals surface area contributed by atoms with Gasteiger partial charge in [-0.05, 0) is 26.9 Å². The molecule has 2 nitrogen and oxygen atoms in total. The Morgan fingerprint density at radius 2 is 2.09 bits per heavy atom. The molecule has 2 heteroatoms. The Morgan fingerprint density at radius 1 is 1.36 bits per heavy atom. The van der Waals surface area contributed by atoms with Crippen LogP contribution in [0, 0.1) is 17.2 Å². The van der Waals surface area contributed by atoms with Crippen LogP contribution in [0.5, 0.6) is 0 Å². The maximum Gasteiger partial charge on any atom is 0.0697 e. The summed E-state index contributed by atoms with van der Waals surface area (Å²) in [6.45, 7) is 0. The zero-order valence-electron chi connectivity index (χ0n) is 7.12. The molecule has 1 aliphatic rings. The summed E-state index contributed by atoms with van der Waals surface area (Å²) in [5, 5.41) is 8.60. The van der Waals surface area contributed by atoms with Crippen LogP contribution in [0.4, 0.5) is 0 Å². The van der Waals surface area contributed by atoms with Crippen LogP contribution in [-0.4, -0.2) is 25.0 Å². The molecule has 0 aromatic carbocycles. The molecule has 0 saturated heterocycles. The van der Waals surface area contributed by atoms with E-state index >= 15 is 0 Å². The van der Waals surface area contributed by atoms with E-state index in [1.807, 2.05) is 6.08 Å². The normalized spacial score (nSPS) is 30.4. The molecule has 0 bridgehead atoms. The first-order valence-corrected chi connectivity index (χ1v) is 3.98. The molecule has 11 heavy (non-hydrogen) atoms. The highest BCUT2D eigenvalue weighted by Gasteiger charge is 2.15. The molecule has 0 spiro atoms. The molecule has 60 valence electrons. The minimum atomic E-state index is 0.159. The van der Waals surface area contributed by atoms with E-state index in [2.05, 4.69) is 31.1 Å². The van der Waals surface area contributed by atoms with Crippen LogP contribution in [0.3, 0.4) is 0 Å². The minimum Gasteiger partial charge on any atom is -0.303 e. The quantitative estimate of drug-likeness (QED) is 0.528.